The summed E-state index contributed by atoms with van der Waals surface area (Å²) in [5, 5.41) is 5.80. The van der Waals surface area contributed by atoms with Crippen molar-refractivity contribution < 1.29 is 14.3 Å². The van der Waals surface area contributed by atoms with Crippen molar-refractivity contribution in [3.05, 3.63) is 29.3 Å². The van der Waals surface area contributed by atoms with Crippen LogP contribution in [0.4, 0.5) is 5.69 Å². The summed E-state index contributed by atoms with van der Waals surface area (Å²) in [6.07, 6.45) is 1.28. The monoisotopic (exact) mass is 248 g/mol. The lowest BCUT2D eigenvalue weighted by Gasteiger charge is -2.05. The number of methoxy groups -OCH3 is 1. The summed E-state index contributed by atoms with van der Waals surface area (Å²) in [5.41, 5.74) is 3.11. The van der Waals surface area contributed by atoms with Crippen molar-refractivity contribution in [1.29, 1.82) is 0 Å². The van der Waals surface area contributed by atoms with E-state index < -0.39 is 0 Å². The third-order valence-electron chi connectivity index (χ3n) is 2.88. The topological polar surface area (TPSA) is 67.4 Å². The maximum absolute atomic E-state index is 11.2. The van der Waals surface area contributed by atoms with Gasteiger partial charge in [0.05, 0.1) is 20.1 Å². The zero-order chi connectivity index (χ0) is 13.0. The van der Waals surface area contributed by atoms with Crippen molar-refractivity contribution in [3.63, 3.8) is 0 Å². The third-order valence-corrected chi connectivity index (χ3v) is 2.88. The number of hydrogen-bond donors (Lipinski definition) is 2. The quantitative estimate of drug-likeness (QED) is 0.587. The number of anilines is 1. The number of hydrogen-bond acceptors (Lipinski definition) is 4. The fourth-order valence-electron chi connectivity index (χ4n) is 1.93. The molecule has 0 saturated heterocycles. The second kappa shape index (κ2) is 5.64. The maximum atomic E-state index is 11.2. The molecule has 0 spiro atoms. The molecule has 96 valence electrons. The number of esters is 1. The maximum Gasteiger partial charge on any atom is 0.319 e. The molecule has 0 unspecified atom stereocenters. The largest absolute Gasteiger partial charge is 0.468 e. The SMILES string of the molecule is COC(=O)CNCCc1ccc2c(c1)CC(=O)N2. The summed E-state index contributed by atoms with van der Waals surface area (Å²) in [7, 11) is 1.37. The van der Waals surface area contributed by atoms with Gasteiger partial charge in [-0.1, -0.05) is 12.1 Å². The Bertz CT molecular complexity index is 471. The molecule has 0 saturated carbocycles. The Morgan fingerprint density at radius 2 is 2.33 bits per heavy atom. The van der Waals surface area contributed by atoms with Gasteiger partial charge in [-0.15, -0.1) is 0 Å². The van der Waals surface area contributed by atoms with Crippen LogP contribution in [0.3, 0.4) is 0 Å². The minimum Gasteiger partial charge on any atom is -0.468 e. The van der Waals surface area contributed by atoms with Crippen LogP contribution in [-0.2, 0) is 27.2 Å². The van der Waals surface area contributed by atoms with E-state index in [2.05, 4.69) is 15.4 Å². The Morgan fingerprint density at radius 3 is 3.11 bits per heavy atom. The zero-order valence-corrected chi connectivity index (χ0v) is 10.3. The van der Waals surface area contributed by atoms with Crippen molar-refractivity contribution in [2.45, 2.75) is 12.8 Å². The highest BCUT2D eigenvalue weighted by atomic mass is 16.5. The van der Waals surface area contributed by atoms with Crippen LogP contribution in [0.25, 0.3) is 0 Å². The van der Waals surface area contributed by atoms with Crippen LogP contribution >= 0.6 is 0 Å². The van der Waals surface area contributed by atoms with Gasteiger partial charge in [0.1, 0.15) is 0 Å². The highest BCUT2D eigenvalue weighted by Crippen LogP contribution is 2.23. The third kappa shape index (κ3) is 3.07. The molecule has 1 heterocycles. The summed E-state index contributed by atoms with van der Waals surface area (Å²) in [5.74, 6) is -0.218. The average Bonchev–Trinajstić information content (AvgIpc) is 2.73. The molecule has 2 rings (SSSR count). The predicted octanol–water partition coefficient (Wildman–Crippen LogP) is 0.486. The molecule has 5 heteroatoms. The smallest absolute Gasteiger partial charge is 0.319 e. The summed E-state index contributed by atoms with van der Waals surface area (Å²) >= 11 is 0. The molecule has 0 atom stereocenters. The van der Waals surface area contributed by atoms with Gasteiger partial charge in [0.2, 0.25) is 5.91 Å². The van der Waals surface area contributed by atoms with Crippen molar-refractivity contribution in [3.8, 4) is 0 Å². The first-order valence-electron chi connectivity index (χ1n) is 5.88. The summed E-state index contributed by atoms with van der Waals surface area (Å²) in [6, 6.07) is 5.95. The first kappa shape index (κ1) is 12.6. The molecular formula is C13H16N2O3. The molecule has 5 nitrogen and oxygen atoms in total. The molecule has 1 aliphatic heterocycles. The number of amides is 1. The van der Waals surface area contributed by atoms with Gasteiger partial charge in [-0.3, -0.25) is 9.59 Å². The fraction of sp³-hybridized carbons (Fsp3) is 0.385. The number of carbonyl (C=O) groups is 2. The van der Waals surface area contributed by atoms with Crippen LogP contribution in [0.5, 0.6) is 0 Å². The predicted molar refractivity (Wildman–Crippen MR) is 67.4 cm³/mol. The van der Waals surface area contributed by atoms with Gasteiger partial charge in [-0.25, -0.2) is 0 Å². The average molecular weight is 248 g/mol. The van der Waals surface area contributed by atoms with Gasteiger partial charge in [-0.2, -0.15) is 0 Å². The van der Waals surface area contributed by atoms with E-state index in [0.717, 1.165) is 23.2 Å². The summed E-state index contributed by atoms with van der Waals surface area (Å²) in [4.78, 5) is 22.1. The molecule has 0 bridgehead atoms. The standard InChI is InChI=1S/C13H16N2O3/c1-18-13(17)8-14-5-4-9-2-3-11-10(6-9)7-12(16)15-11/h2-3,6,14H,4-5,7-8H2,1H3,(H,15,16). The Hall–Kier alpha value is -1.88. The lowest BCUT2D eigenvalue weighted by atomic mass is 10.1. The van der Waals surface area contributed by atoms with Crippen molar-refractivity contribution >= 4 is 17.6 Å². The molecule has 0 aromatic heterocycles. The molecule has 1 aromatic rings. The molecule has 0 fully saturated rings. The first-order chi connectivity index (χ1) is 8.69. The number of benzene rings is 1. The second-order valence-electron chi connectivity index (χ2n) is 4.22. The number of rotatable bonds is 5. The molecule has 18 heavy (non-hydrogen) atoms. The van der Waals surface area contributed by atoms with E-state index in [4.69, 9.17) is 0 Å². The Labute approximate surface area is 106 Å². The minimum absolute atomic E-state index is 0.0472. The molecule has 1 aliphatic rings. The Balaban J connectivity index is 1.82. The van der Waals surface area contributed by atoms with E-state index in [1.807, 2.05) is 18.2 Å². The molecule has 1 amide bonds. The van der Waals surface area contributed by atoms with E-state index in [9.17, 15) is 9.59 Å². The number of fused-ring (bicyclic) bond motifs is 1. The van der Waals surface area contributed by atoms with E-state index in [-0.39, 0.29) is 18.4 Å². The zero-order valence-electron chi connectivity index (χ0n) is 10.3. The highest BCUT2D eigenvalue weighted by molar-refractivity contribution is 5.99. The number of ether oxygens (including phenoxy) is 1. The number of carbonyl (C=O) groups excluding carboxylic acids is 2. The lowest BCUT2D eigenvalue weighted by molar-refractivity contribution is -0.139. The van der Waals surface area contributed by atoms with Crippen LogP contribution in [0.2, 0.25) is 0 Å². The fourth-order valence-corrected chi connectivity index (χ4v) is 1.93. The lowest BCUT2D eigenvalue weighted by Crippen LogP contribution is -2.25. The van der Waals surface area contributed by atoms with E-state index in [1.165, 1.54) is 7.11 Å². The van der Waals surface area contributed by atoms with Gasteiger partial charge in [0, 0.05) is 5.69 Å². The van der Waals surface area contributed by atoms with Gasteiger partial charge in [-0.05, 0) is 30.2 Å². The van der Waals surface area contributed by atoms with Crippen LogP contribution in [0.1, 0.15) is 11.1 Å². The van der Waals surface area contributed by atoms with Gasteiger partial charge < -0.3 is 15.4 Å². The van der Waals surface area contributed by atoms with Gasteiger partial charge >= 0.3 is 5.97 Å². The van der Waals surface area contributed by atoms with Gasteiger partial charge in [0.25, 0.3) is 0 Å². The first-order valence-corrected chi connectivity index (χ1v) is 5.88. The van der Waals surface area contributed by atoms with Crippen LogP contribution in [0, 0.1) is 0 Å². The molecule has 1 aromatic carbocycles. The normalized spacial score (nSPS) is 13.1. The van der Waals surface area contributed by atoms with E-state index >= 15 is 0 Å². The van der Waals surface area contributed by atoms with E-state index in [0.29, 0.717) is 13.0 Å². The molecule has 0 radical (unpaired) electrons. The van der Waals surface area contributed by atoms with Crippen LogP contribution in [-0.4, -0.2) is 32.1 Å². The van der Waals surface area contributed by atoms with Crippen molar-refractivity contribution in [1.82, 2.24) is 5.32 Å². The second-order valence-corrected chi connectivity index (χ2v) is 4.22. The summed E-state index contributed by atoms with van der Waals surface area (Å²) < 4.78 is 4.53. The van der Waals surface area contributed by atoms with Crippen molar-refractivity contribution in [2.75, 3.05) is 25.5 Å². The molecule has 0 aliphatic carbocycles. The Morgan fingerprint density at radius 1 is 1.50 bits per heavy atom. The summed E-state index contributed by atoms with van der Waals surface area (Å²) in [6.45, 7) is 0.927. The van der Waals surface area contributed by atoms with Crippen molar-refractivity contribution in [2.24, 2.45) is 0 Å². The Kier molecular flexibility index (Phi) is 3.94. The number of nitrogens with one attached hydrogen (secondary N) is 2. The molecular weight excluding hydrogens is 232 g/mol. The highest BCUT2D eigenvalue weighted by Gasteiger charge is 2.17. The van der Waals surface area contributed by atoms with Crippen LogP contribution < -0.4 is 10.6 Å². The minimum atomic E-state index is -0.265. The van der Waals surface area contributed by atoms with Gasteiger partial charge in [0.15, 0.2) is 0 Å². The van der Waals surface area contributed by atoms with Crippen LogP contribution in [0.15, 0.2) is 18.2 Å². The van der Waals surface area contributed by atoms with E-state index in [1.54, 1.807) is 0 Å². The molecule has 2 N–H and O–H groups in total.